The van der Waals surface area contributed by atoms with E-state index < -0.39 is 0 Å². The van der Waals surface area contributed by atoms with Gasteiger partial charge in [-0.1, -0.05) is 55.7 Å². The summed E-state index contributed by atoms with van der Waals surface area (Å²) in [5.74, 6) is 2.73. The number of nitrogens with one attached hydrogen (secondary N) is 2. The van der Waals surface area contributed by atoms with Crippen LogP contribution in [0.5, 0.6) is 0 Å². The van der Waals surface area contributed by atoms with E-state index in [0.29, 0.717) is 24.4 Å². The summed E-state index contributed by atoms with van der Waals surface area (Å²) in [4.78, 5) is 23.3. The predicted octanol–water partition coefficient (Wildman–Crippen LogP) is 4.19. The lowest BCUT2D eigenvalue weighted by Crippen LogP contribution is -2.46. The van der Waals surface area contributed by atoms with Gasteiger partial charge in [0.2, 0.25) is 17.8 Å². The summed E-state index contributed by atoms with van der Waals surface area (Å²) in [6.07, 6.45) is 10.3. The second kappa shape index (κ2) is 11.9. The van der Waals surface area contributed by atoms with Gasteiger partial charge < -0.3 is 15.5 Å². The maximum absolute atomic E-state index is 4.83. The largest absolute Gasteiger partial charge is 0.354 e. The number of hydrogen-bond acceptors (Lipinski definition) is 8. The number of piperazine rings is 1. The minimum atomic E-state index is 0.608. The summed E-state index contributed by atoms with van der Waals surface area (Å²) in [5, 5.41) is 6.90. The van der Waals surface area contributed by atoms with Crippen LogP contribution in [0, 0.1) is 5.92 Å². The first kappa shape index (κ1) is 23.5. The third-order valence-electron chi connectivity index (χ3n) is 6.97. The van der Waals surface area contributed by atoms with Gasteiger partial charge in [-0.05, 0) is 36.0 Å². The molecule has 0 bridgehead atoms. The first-order valence-corrected chi connectivity index (χ1v) is 13.0. The second-order valence-electron chi connectivity index (χ2n) is 9.63. The minimum absolute atomic E-state index is 0.608. The van der Waals surface area contributed by atoms with Gasteiger partial charge in [0, 0.05) is 58.2 Å². The van der Waals surface area contributed by atoms with Crippen LogP contribution in [0.25, 0.3) is 0 Å². The van der Waals surface area contributed by atoms with Gasteiger partial charge in [0.25, 0.3) is 0 Å². The molecule has 35 heavy (non-hydrogen) atoms. The van der Waals surface area contributed by atoms with E-state index in [0.717, 1.165) is 50.8 Å². The third kappa shape index (κ3) is 6.88. The zero-order valence-corrected chi connectivity index (χ0v) is 20.4. The lowest BCUT2D eigenvalue weighted by Gasteiger charge is -2.34. The summed E-state index contributed by atoms with van der Waals surface area (Å²) < 4.78 is 0. The second-order valence-corrected chi connectivity index (χ2v) is 9.63. The van der Waals surface area contributed by atoms with E-state index >= 15 is 0 Å². The number of hydrogen-bond donors (Lipinski definition) is 2. The van der Waals surface area contributed by atoms with E-state index in [9.17, 15) is 0 Å². The summed E-state index contributed by atoms with van der Waals surface area (Å²) in [5.41, 5.74) is 2.46. The van der Waals surface area contributed by atoms with Crippen molar-refractivity contribution in [1.29, 1.82) is 0 Å². The molecule has 1 aliphatic heterocycles. The quantitative estimate of drug-likeness (QED) is 0.480. The predicted molar refractivity (Wildman–Crippen MR) is 140 cm³/mol. The Kier molecular flexibility index (Phi) is 8.00. The standard InChI is InChI=1S/C27H36N8/c1-3-8-22(9-4-1)19-29-25-31-26(30-20-24-12-7-13-28-18-24)33-27(32-25)35-16-14-34(15-17-35)21-23-10-5-2-6-11-23/h2,5-7,10-13,18,22H,1,3-4,8-9,14-17,19-21H2,(H2,29,30,31,32,33). The molecule has 2 N–H and O–H groups in total. The Balaban J connectivity index is 1.25. The minimum Gasteiger partial charge on any atom is -0.354 e. The third-order valence-corrected chi connectivity index (χ3v) is 6.97. The first-order chi connectivity index (χ1) is 17.3. The fraction of sp³-hybridized carbons (Fsp3) is 0.481. The fourth-order valence-electron chi connectivity index (χ4n) is 4.92. The molecule has 0 atom stereocenters. The number of anilines is 3. The average Bonchev–Trinajstić information content (AvgIpc) is 2.93. The van der Waals surface area contributed by atoms with Gasteiger partial charge in [-0.15, -0.1) is 0 Å². The maximum atomic E-state index is 4.83. The topological polar surface area (TPSA) is 82.1 Å². The molecule has 2 aromatic heterocycles. The zero-order valence-electron chi connectivity index (χ0n) is 20.4. The maximum Gasteiger partial charge on any atom is 0.232 e. The van der Waals surface area contributed by atoms with Gasteiger partial charge in [-0.3, -0.25) is 9.88 Å². The van der Waals surface area contributed by atoms with Crippen LogP contribution in [0.15, 0.2) is 54.9 Å². The lowest BCUT2D eigenvalue weighted by molar-refractivity contribution is 0.248. The van der Waals surface area contributed by atoms with Crippen molar-refractivity contribution in [2.45, 2.75) is 45.2 Å². The van der Waals surface area contributed by atoms with Crippen molar-refractivity contribution in [3.8, 4) is 0 Å². The van der Waals surface area contributed by atoms with Crippen LogP contribution in [0.4, 0.5) is 17.8 Å². The Labute approximate surface area is 208 Å². The van der Waals surface area contributed by atoms with E-state index in [4.69, 9.17) is 15.0 Å². The van der Waals surface area contributed by atoms with Gasteiger partial charge in [-0.2, -0.15) is 15.0 Å². The normalized spacial score (nSPS) is 17.3. The van der Waals surface area contributed by atoms with E-state index in [1.165, 1.54) is 37.7 Å². The fourth-order valence-corrected chi connectivity index (χ4v) is 4.92. The van der Waals surface area contributed by atoms with Crippen LogP contribution in [0.1, 0.15) is 43.2 Å². The molecule has 0 radical (unpaired) electrons. The molecule has 184 valence electrons. The van der Waals surface area contributed by atoms with Crippen molar-refractivity contribution in [3.63, 3.8) is 0 Å². The van der Waals surface area contributed by atoms with E-state index in [1.807, 2.05) is 12.3 Å². The summed E-state index contributed by atoms with van der Waals surface area (Å²) >= 11 is 0. The molecule has 5 rings (SSSR count). The molecule has 8 nitrogen and oxygen atoms in total. The molecule has 1 aromatic carbocycles. The molecular formula is C27H36N8. The van der Waals surface area contributed by atoms with Crippen LogP contribution in [-0.4, -0.2) is 57.6 Å². The molecule has 2 fully saturated rings. The van der Waals surface area contributed by atoms with Crippen molar-refractivity contribution >= 4 is 17.8 Å². The molecule has 8 heteroatoms. The molecule has 1 aliphatic carbocycles. The number of pyridine rings is 1. The number of benzene rings is 1. The van der Waals surface area contributed by atoms with Gasteiger partial charge in [0.1, 0.15) is 0 Å². The van der Waals surface area contributed by atoms with Crippen LogP contribution < -0.4 is 15.5 Å². The SMILES string of the molecule is c1ccc(CN2CCN(c3nc(NCc4cccnc4)nc(NCC4CCCCC4)n3)CC2)cc1. The van der Waals surface area contributed by atoms with Crippen molar-refractivity contribution < 1.29 is 0 Å². The smallest absolute Gasteiger partial charge is 0.232 e. The summed E-state index contributed by atoms with van der Waals surface area (Å²) in [6.45, 7) is 6.33. The Morgan fingerprint density at radius 2 is 1.51 bits per heavy atom. The van der Waals surface area contributed by atoms with E-state index in [-0.39, 0.29) is 0 Å². The monoisotopic (exact) mass is 472 g/mol. The molecule has 1 saturated carbocycles. The molecular weight excluding hydrogens is 436 g/mol. The number of aromatic nitrogens is 4. The molecule has 3 aromatic rings. The number of nitrogens with zero attached hydrogens (tertiary/aromatic N) is 6. The van der Waals surface area contributed by atoms with E-state index in [1.54, 1.807) is 6.20 Å². The Hall–Kier alpha value is -3.26. The molecule has 0 spiro atoms. The van der Waals surface area contributed by atoms with Crippen LogP contribution in [-0.2, 0) is 13.1 Å². The van der Waals surface area contributed by atoms with Crippen molar-refractivity contribution in [1.82, 2.24) is 24.8 Å². The molecule has 3 heterocycles. The average molecular weight is 473 g/mol. The Bertz CT molecular complexity index is 1030. The number of rotatable bonds is 9. The first-order valence-electron chi connectivity index (χ1n) is 13.0. The summed E-state index contributed by atoms with van der Waals surface area (Å²) in [6, 6.07) is 14.7. The summed E-state index contributed by atoms with van der Waals surface area (Å²) in [7, 11) is 0. The molecule has 0 unspecified atom stereocenters. The highest BCUT2D eigenvalue weighted by molar-refractivity contribution is 5.44. The Morgan fingerprint density at radius 3 is 2.26 bits per heavy atom. The van der Waals surface area contributed by atoms with Crippen LogP contribution in [0.2, 0.25) is 0 Å². The van der Waals surface area contributed by atoms with Crippen LogP contribution in [0.3, 0.4) is 0 Å². The van der Waals surface area contributed by atoms with E-state index in [2.05, 4.69) is 61.8 Å². The molecule has 1 saturated heterocycles. The highest BCUT2D eigenvalue weighted by Crippen LogP contribution is 2.24. The van der Waals surface area contributed by atoms with Crippen molar-refractivity contribution in [2.24, 2.45) is 5.92 Å². The zero-order chi connectivity index (χ0) is 23.7. The lowest BCUT2D eigenvalue weighted by atomic mass is 9.89. The Morgan fingerprint density at radius 1 is 0.771 bits per heavy atom. The van der Waals surface area contributed by atoms with Gasteiger partial charge in [0.15, 0.2) is 0 Å². The van der Waals surface area contributed by atoms with Crippen molar-refractivity contribution in [2.75, 3.05) is 48.3 Å². The van der Waals surface area contributed by atoms with Crippen LogP contribution >= 0.6 is 0 Å². The highest BCUT2D eigenvalue weighted by atomic mass is 15.4. The molecule has 2 aliphatic rings. The molecule has 0 amide bonds. The highest BCUT2D eigenvalue weighted by Gasteiger charge is 2.21. The van der Waals surface area contributed by atoms with Gasteiger partial charge >= 0.3 is 0 Å². The van der Waals surface area contributed by atoms with Crippen molar-refractivity contribution in [3.05, 3.63) is 66.0 Å². The van der Waals surface area contributed by atoms with Gasteiger partial charge in [-0.25, -0.2) is 0 Å². The van der Waals surface area contributed by atoms with Gasteiger partial charge in [0.05, 0.1) is 0 Å².